The van der Waals surface area contributed by atoms with Gasteiger partial charge in [-0.15, -0.1) is 0 Å². The second-order valence-corrected chi connectivity index (χ2v) is 4.98. The number of carbonyl (C=O) groups excluding carboxylic acids is 1. The highest BCUT2D eigenvalue weighted by Gasteiger charge is 2.19. The standard InChI is InChI=1S/C13H17BrN2O4/c1-3-4-10(12(17)18)15-13(19)16-11-7-8(20-2)5-6-9(11)14/h5-7,10H,3-4H2,1-2H3,(H,17,18)(H2,15,16,19). The number of carboxylic acid groups (broad SMARTS) is 1. The molecule has 0 aliphatic carbocycles. The zero-order valence-electron chi connectivity index (χ0n) is 11.3. The molecule has 20 heavy (non-hydrogen) atoms. The average molecular weight is 345 g/mol. The number of hydrogen-bond donors (Lipinski definition) is 3. The van der Waals surface area contributed by atoms with Crippen molar-refractivity contribution in [2.24, 2.45) is 0 Å². The van der Waals surface area contributed by atoms with Crippen LogP contribution >= 0.6 is 15.9 Å². The van der Waals surface area contributed by atoms with E-state index in [2.05, 4.69) is 26.6 Å². The molecule has 3 N–H and O–H groups in total. The van der Waals surface area contributed by atoms with Crippen molar-refractivity contribution in [3.05, 3.63) is 22.7 Å². The minimum atomic E-state index is -1.05. The summed E-state index contributed by atoms with van der Waals surface area (Å²) >= 11 is 3.30. The van der Waals surface area contributed by atoms with E-state index in [-0.39, 0.29) is 0 Å². The lowest BCUT2D eigenvalue weighted by Gasteiger charge is -2.15. The second kappa shape index (κ2) is 7.74. The van der Waals surface area contributed by atoms with Gasteiger partial charge in [-0.3, -0.25) is 0 Å². The molecule has 1 rings (SSSR count). The van der Waals surface area contributed by atoms with Gasteiger partial charge in [-0.1, -0.05) is 13.3 Å². The van der Waals surface area contributed by atoms with Crippen LogP contribution in [-0.2, 0) is 4.79 Å². The molecule has 0 spiro atoms. The number of nitrogens with one attached hydrogen (secondary N) is 2. The quantitative estimate of drug-likeness (QED) is 0.740. The lowest BCUT2D eigenvalue weighted by molar-refractivity contribution is -0.139. The Hall–Kier alpha value is -1.76. The van der Waals surface area contributed by atoms with E-state index in [1.807, 2.05) is 6.92 Å². The molecular formula is C13H17BrN2O4. The van der Waals surface area contributed by atoms with Crippen molar-refractivity contribution in [2.45, 2.75) is 25.8 Å². The maximum absolute atomic E-state index is 11.8. The molecule has 0 radical (unpaired) electrons. The summed E-state index contributed by atoms with van der Waals surface area (Å²) in [7, 11) is 1.52. The van der Waals surface area contributed by atoms with Crippen LogP contribution in [0.25, 0.3) is 0 Å². The second-order valence-electron chi connectivity index (χ2n) is 4.12. The maximum atomic E-state index is 11.8. The smallest absolute Gasteiger partial charge is 0.326 e. The SMILES string of the molecule is CCCC(NC(=O)Nc1cc(OC)ccc1Br)C(=O)O. The van der Waals surface area contributed by atoms with E-state index in [1.54, 1.807) is 18.2 Å². The fourth-order valence-corrected chi connectivity index (χ4v) is 1.94. The summed E-state index contributed by atoms with van der Waals surface area (Å²) in [5.41, 5.74) is 0.502. The molecule has 0 saturated heterocycles. The van der Waals surface area contributed by atoms with Gasteiger partial charge in [-0.25, -0.2) is 9.59 Å². The van der Waals surface area contributed by atoms with Crippen LogP contribution in [0.4, 0.5) is 10.5 Å². The fraction of sp³-hybridized carbons (Fsp3) is 0.385. The molecule has 6 nitrogen and oxygen atoms in total. The lowest BCUT2D eigenvalue weighted by atomic mass is 10.2. The van der Waals surface area contributed by atoms with E-state index in [0.29, 0.717) is 28.8 Å². The first-order valence-corrected chi connectivity index (χ1v) is 6.91. The van der Waals surface area contributed by atoms with Gasteiger partial charge in [0.15, 0.2) is 0 Å². The zero-order chi connectivity index (χ0) is 15.1. The lowest BCUT2D eigenvalue weighted by Crippen LogP contribution is -2.42. The summed E-state index contributed by atoms with van der Waals surface area (Å²) in [6.45, 7) is 1.86. The van der Waals surface area contributed by atoms with Gasteiger partial charge < -0.3 is 20.5 Å². The molecule has 0 aliphatic rings. The molecule has 1 aromatic carbocycles. The topological polar surface area (TPSA) is 87.7 Å². The van der Waals surface area contributed by atoms with Gasteiger partial charge in [-0.2, -0.15) is 0 Å². The number of amides is 2. The molecule has 0 bridgehead atoms. The van der Waals surface area contributed by atoms with Gasteiger partial charge >= 0.3 is 12.0 Å². The average Bonchev–Trinajstić information content (AvgIpc) is 2.40. The highest BCUT2D eigenvalue weighted by Crippen LogP contribution is 2.26. The Morgan fingerprint density at radius 3 is 2.70 bits per heavy atom. The Kier molecular flexibility index (Phi) is 6.30. The third-order valence-electron chi connectivity index (χ3n) is 2.60. The number of halogens is 1. The molecule has 0 aliphatic heterocycles. The summed E-state index contributed by atoms with van der Waals surface area (Å²) < 4.78 is 5.74. The first-order chi connectivity index (χ1) is 9.47. The Morgan fingerprint density at radius 2 is 2.15 bits per heavy atom. The Labute approximate surface area is 125 Å². The molecular weight excluding hydrogens is 328 g/mol. The largest absolute Gasteiger partial charge is 0.497 e. The number of aliphatic carboxylic acids is 1. The zero-order valence-corrected chi connectivity index (χ0v) is 12.9. The number of carbonyl (C=O) groups is 2. The van der Waals surface area contributed by atoms with E-state index in [4.69, 9.17) is 9.84 Å². The van der Waals surface area contributed by atoms with Crippen LogP contribution in [0, 0.1) is 0 Å². The van der Waals surface area contributed by atoms with E-state index in [1.165, 1.54) is 7.11 Å². The predicted molar refractivity (Wildman–Crippen MR) is 79.2 cm³/mol. The van der Waals surface area contributed by atoms with E-state index in [0.717, 1.165) is 0 Å². The summed E-state index contributed by atoms with van der Waals surface area (Å²) in [5.74, 6) is -0.460. The van der Waals surface area contributed by atoms with Gasteiger partial charge in [0, 0.05) is 10.5 Å². The first kappa shape index (κ1) is 16.3. The highest BCUT2D eigenvalue weighted by molar-refractivity contribution is 9.10. The third-order valence-corrected chi connectivity index (χ3v) is 3.29. The third kappa shape index (κ3) is 4.73. The maximum Gasteiger partial charge on any atom is 0.326 e. The summed E-state index contributed by atoms with van der Waals surface area (Å²) in [5, 5.41) is 14.0. The molecule has 0 fully saturated rings. The van der Waals surface area contributed by atoms with Gasteiger partial charge in [0.25, 0.3) is 0 Å². The van der Waals surface area contributed by atoms with Crippen molar-refractivity contribution >= 4 is 33.6 Å². The van der Waals surface area contributed by atoms with Crippen molar-refractivity contribution in [1.29, 1.82) is 0 Å². The van der Waals surface area contributed by atoms with Gasteiger partial charge in [0.2, 0.25) is 0 Å². The minimum Gasteiger partial charge on any atom is -0.497 e. The van der Waals surface area contributed by atoms with Crippen molar-refractivity contribution < 1.29 is 19.4 Å². The van der Waals surface area contributed by atoms with Crippen molar-refractivity contribution in [3.8, 4) is 5.75 Å². The van der Waals surface area contributed by atoms with Crippen LogP contribution in [0.1, 0.15) is 19.8 Å². The molecule has 1 unspecified atom stereocenters. The number of methoxy groups -OCH3 is 1. The van der Waals surface area contributed by atoms with Crippen LogP contribution in [0.3, 0.4) is 0 Å². The molecule has 0 heterocycles. The van der Waals surface area contributed by atoms with Gasteiger partial charge in [0.05, 0.1) is 12.8 Å². The highest BCUT2D eigenvalue weighted by atomic mass is 79.9. The van der Waals surface area contributed by atoms with Crippen molar-refractivity contribution in [3.63, 3.8) is 0 Å². The normalized spacial score (nSPS) is 11.6. The van der Waals surface area contributed by atoms with Crippen molar-refractivity contribution in [2.75, 3.05) is 12.4 Å². The number of hydrogen-bond acceptors (Lipinski definition) is 3. The summed E-state index contributed by atoms with van der Waals surface area (Å²) in [4.78, 5) is 22.8. The van der Waals surface area contributed by atoms with E-state index < -0.39 is 18.0 Å². The van der Waals surface area contributed by atoms with Gasteiger partial charge in [0.1, 0.15) is 11.8 Å². The van der Waals surface area contributed by atoms with Crippen molar-refractivity contribution in [1.82, 2.24) is 5.32 Å². The molecule has 0 saturated carbocycles. The van der Waals surface area contributed by atoms with E-state index in [9.17, 15) is 9.59 Å². The summed E-state index contributed by atoms with van der Waals surface area (Å²) in [6, 6.07) is 3.64. The van der Waals surface area contributed by atoms with Crippen LogP contribution in [0.15, 0.2) is 22.7 Å². The number of rotatable bonds is 6. The molecule has 1 aromatic rings. The molecule has 110 valence electrons. The Morgan fingerprint density at radius 1 is 1.45 bits per heavy atom. The summed E-state index contributed by atoms with van der Waals surface area (Å²) in [6.07, 6.45) is 1.04. The van der Waals surface area contributed by atoms with Crippen LogP contribution < -0.4 is 15.4 Å². The predicted octanol–water partition coefficient (Wildman–Crippen LogP) is 2.83. The fourth-order valence-electron chi connectivity index (χ4n) is 1.59. The molecule has 7 heteroatoms. The van der Waals surface area contributed by atoms with Gasteiger partial charge in [-0.05, 0) is 34.5 Å². The molecule has 0 aromatic heterocycles. The van der Waals surface area contributed by atoms with Crippen LogP contribution in [0.5, 0.6) is 5.75 Å². The van der Waals surface area contributed by atoms with Crippen LogP contribution in [-0.4, -0.2) is 30.3 Å². The minimum absolute atomic E-state index is 0.377. The monoisotopic (exact) mass is 344 g/mol. The number of anilines is 1. The number of ether oxygens (including phenoxy) is 1. The molecule has 2 amide bonds. The number of benzene rings is 1. The Balaban J connectivity index is 2.72. The number of urea groups is 1. The molecule has 1 atom stereocenters. The Bertz CT molecular complexity index is 493. The first-order valence-electron chi connectivity index (χ1n) is 6.11. The van der Waals surface area contributed by atoms with Crippen LogP contribution in [0.2, 0.25) is 0 Å². The number of carboxylic acids is 1. The van der Waals surface area contributed by atoms with E-state index >= 15 is 0 Å².